The lowest BCUT2D eigenvalue weighted by atomic mass is 10.2. The molecule has 2 N–H and O–H groups in total. The molecule has 0 heterocycles. The number of carbonyl (C=O) groups is 2. The number of hydrogen-bond donors (Lipinski definition) is 2. The molecule has 1 amide bonds. The molecule has 20 heavy (non-hydrogen) atoms. The van der Waals surface area contributed by atoms with E-state index in [4.69, 9.17) is 23.2 Å². The molecule has 7 heteroatoms. The van der Waals surface area contributed by atoms with Crippen molar-refractivity contribution in [2.45, 2.75) is 25.9 Å². The highest BCUT2D eigenvalue weighted by Crippen LogP contribution is 2.25. The van der Waals surface area contributed by atoms with Crippen molar-refractivity contribution in [3.8, 4) is 0 Å². The number of anilines is 1. The van der Waals surface area contributed by atoms with Crippen molar-refractivity contribution in [3.05, 3.63) is 28.2 Å². The molecule has 1 aromatic carbocycles. The van der Waals surface area contributed by atoms with E-state index in [2.05, 4.69) is 15.4 Å². The Hall–Kier alpha value is -1.46. The van der Waals surface area contributed by atoms with Gasteiger partial charge in [-0.2, -0.15) is 0 Å². The number of carbonyl (C=O) groups excluding carboxylic acids is 2. The van der Waals surface area contributed by atoms with Crippen LogP contribution in [0.5, 0.6) is 0 Å². The van der Waals surface area contributed by atoms with Gasteiger partial charge in [-0.3, -0.25) is 4.79 Å². The highest BCUT2D eigenvalue weighted by molar-refractivity contribution is 6.42. The quantitative estimate of drug-likeness (QED) is 0.818. The molecule has 0 aliphatic carbocycles. The lowest BCUT2D eigenvalue weighted by Crippen LogP contribution is -2.45. The maximum Gasteiger partial charge on any atom is 0.328 e. The highest BCUT2D eigenvalue weighted by Gasteiger charge is 2.20. The van der Waals surface area contributed by atoms with Gasteiger partial charge in [-0.05, 0) is 32.0 Å². The Morgan fingerprint density at radius 2 is 1.80 bits per heavy atom. The lowest BCUT2D eigenvalue weighted by molar-refractivity contribution is -0.144. The van der Waals surface area contributed by atoms with Gasteiger partial charge in [0.1, 0.15) is 12.1 Å². The molecule has 0 aliphatic rings. The second-order valence-corrected chi connectivity index (χ2v) is 5.06. The van der Waals surface area contributed by atoms with E-state index in [1.807, 2.05) is 0 Å². The third-order valence-corrected chi connectivity index (χ3v) is 3.35. The summed E-state index contributed by atoms with van der Waals surface area (Å²) in [6.45, 7) is 3.22. The van der Waals surface area contributed by atoms with Crippen molar-refractivity contribution in [1.82, 2.24) is 5.32 Å². The van der Waals surface area contributed by atoms with Crippen molar-refractivity contribution in [3.63, 3.8) is 0 Å². The fourth-order valence-corrected chi connectivity index (χ4v) is 1.77. The molecule has 0 saturated heterocycles. The van der Waals surface area contributed by atoms with Gasteiger partial charge in [-0.15, -0.1) is 0 Å². The van der Waals surface area contributed by atoms with Crippen LogP contribution in [0.15, 0.2) is 18.2 Å². The van der Waals surface area contributed by atoms with Crippen LogP contribution < -0.4 is 10.6 Å². The normalized spacial score (nSPS) is 13.2. The number of benzene rings is 1. The van der Waals surface area contributed by atoms with E-state index in [0.29, 0.717) is 15.7 Å². The Labute approximate surface area is 127 Å². The molecule has 0 spiro atoms. The molecule has 0 bridgehead atoms. The second kappa shape index (κ2) is 7.36. The van der Waals surface area contributed by atoms with E-state index in [1.165, 1.54) is 7.11 Å². The third kappa shape index (κ3) is 4.58. The van der Waals surface area contributed by atoms with Gasteiger partial charge in [-0.1, -0.05) is 23.2 Å². The molecule has 0 radical (unpaired) electrons. The zero-order valence-corrected chi connectivity index (χ0v) is 12.9. The summed E-state index contributed by atoms with van der Waals surface area (Å²) >= 11 is 11.7. The van der Waals surface area contributed by atoms with Crippen molar-refractivity contribution in [2.24, 2.45) is 0 Å². The Bertz CT molecular complexity index is 508. The molecule has 110 valence electrons. The molecule has 0 fully saturated rings. The Balaban J connectivity index is 2.61. The van der Waals surface area contributed by atoms with Crippen LogP contribution in [0.3, 0.4) is 0 Å². The summed E-state index contributed by atoms with van der Waals surface area (Å²) in [5.74, 6) is -0.825. The SMILES string of the molecule is COC(=O)[C@H](C)NC(=O)[C@H](C)Nc1ccc(Cl)c(Cl)c1. The summed E-state index contributed by atoms with van der Waals surface area (Å²) in [5, 5.41) is 6.34. The maximum absolute atomic E-state index is 11.9. The standard InChI is InChI=1S/C13H16Cl2N2O3/c1-7(12(18)17-8(2)13(19)20-3)16-9-4-5-10(14)11(15)6-9/h4-8,16H,1-3H3,(H,17,18)/t7-,8-/m0/s1. The smallest absolute Gasteiger partial charge is 0.328 e. The molecule has 1 aromatic rings. The van der Waals surface area contributed by atoms with Gasteiger partial charge < -0.3 is 15.4 Å². The summed E-state index contributed by atoms with van der Waals surface area (Å²) < 4.78 is 4.53. The van der Waals surface area contributed by atoms with Crippen LogP contribution in [0.1, 0.15) is 13.8 Å². The number of halogens is 2. The highest BCUT2D eigenvalue weighted by atomic mass is 35.5. The number of hydrogen-bond acceptors (Lipinski definition) is 4. The van der Waals surface area contributed by atoms with Gasteiger partial charge in [-0.25, -0.2) is 4.79 Å². The fourth-order valence-electron chi connectivity index (χ4n) is 1.48. The van der Waals surface area contributed by atoms with E-state index < -0.39 is 18.1 Å². The zero-order valence-electron chi connectivity index (χ0n) is 11.4. The van der Waals surface area contributed by atoms with Crippen LogP contribution in [0, 0.1) is 0 Å². The predicted molar refractivity (Wildman–Crippen MR) is 79.2 cm³/mol. The van der Waals surface area contributed by atoms with Gasteiger partial charge >= 0.3 is 5.97 Å². The number of ether oxygens (including phenoxy) is 1. The van der Waals surface area contributed by atoms with Crippen LogP contribution in [-0.2, 0) is 14.3 Å². The summed E-state index contributed by atoms with van der Waals surface area (Å²) in [7, 11) is 1.27. The van der Waals surface area contributed by atoms with E-state index in [9.17, 15) is 9.59 Å². The Kier molecular flexibility index (Phi) is 6.10. The number of amides is 1. The molecule has 1 rings (SSSR count). The maximum atomic E-state index is 11.9. The first-order valence-electron chi connectivity index (χ1n) is 5.95. The van der Waals surface area contributed by atoms with Gasteiger partial charge in [0.15, 0.2) is 0 Å². The predicted octanol–water partition coefficient (Wildman–Crippen LogP) is 2.47. The summed E-state index contributed by atoms with van der Waals surface area (Å²) in [6.07, 6.45) is 0. The Morgan fingerprint density at radius 3 is 2.35 bits per heavy atom. The number of methoxy groups -OCH3 is 1. The van der Waals surface area contributed by atoms with Crippen molar-refractivity contribution in [2.75, 3.05) is 12.4 Å². The summed E-state index contributed by atoms with van der Waals surface area (Å²) in [4.78, 5) is 23.1. The minimum atomic E-state index is -0.703. The topological polar surface area (TPSA) is 67.4 Å². The van der Waals surface area contributed by atoms with Gasteiger partial charge in [0.2, 0.25) is 5.91 Å². The van der Waals surface area contributed by atoms with Gasteiger partial charge in [0.25, 0.3) is 0 Å². The Morgan fingerprint density at radius 1 is 1.15 bits per heavy atom. The monoisotopic (exact) mass is 318 g/mol. The largest absolute Gasteiger partial charge is 0.467 e. The van der Waals surface area contributed by atoms with Crippen LogP contribution in [0.25, 0.3) is 0 Å². The average Bonchev–Trinajstić information content (AvgIpc) is 2.41. The minimum Gasteiger partial charge on any atom is -0.467 e. The first-order valence-corrected chi connectivity index (χ1v) is 6.70. The molecule has 0 aromatic heterocycles. The number of nitrogens with one attached hydrogen (secondary N) is 2. The zero-order chi connectivity index (χ0) is 15.3. The molecular weight excluding hydrogens is 303 g/mol. The van der Waals surface area contributed by atoms with Crippen LogP contribution in [0.2, 0.25) is 10.0 Å². The summed E-state index contributed by atoms with van der Waals surface area (Å²) in [6, 6.07) is 3.72. The molecule has 0 aliphatic heterocycles. The van der Waals surface area contributed by atoms with E-state index in [1.54, 1.807) is 32.0 Å². The lowest BCUT2D eigenvalue weighted by Gasteiger charge is -2.18. The summed E-state index contributed by atoms with van der Waals surface area (Å²) in [5.41, 5.74) is 0.660. The first kappa shape index (κ1) is 16.6. The first-order chi connectivity index (χ1) is 9.35. The molecular formula is C13H16Cl2N2O3. The van der Waals surface area contributed by atoms with Gasteiger partial charge in [0.05, 0.1) is 17.2 Å². The number of rotatable bonds is 5. The van der Waals surface area contributed by atoms with Crippen LogP contribution >= 0.6 is 23.2 Å². The van der Waals surface area contributed by atoms with Crippen molar-refractivity contribution in [1.29, 1.82) is 0 Å². The van der Waals surface area contributed by atoms with Gasteiger partial charge in [0, 0.05) is 5.69 Å². The fraction of sp³-hybridized carbons (Fsp3) is 0.385. The van der Waals surface area contributed by atoms with E-state index >= 15 is 0 Å². The second-order valence-electron chi connectivity index (χ2n) is 4.25. The average molecular weight is 319 g/mol. The molecule has 2 atom stereocenters. The minimum absolute atomic E-state index is 0.325. The van der Waals surface area contributed by atoms with E-state index in [0.717, 1.165) is 0 Å². The molecule has 5 nitrogen and oxygen atoms in total. The van der Waals surface area contributed by atoms with Crippen molar-refractivity contribution >= 4 is 40.8 Å². The number of esters is 1. The van der Waals surface area contributed by atoms with Crippen molar-refractivity contribution < 1.29 is 14.3 Å². The molecule has 0 saturated carbocycles. The van der Waals surface area contributed by atoms with E-state index in [-0.39, 0.29) is 5.91 Å². The molecule has 0 unspecified atom stereocenters. The van der Waals surface area contributed by atoms with Crippen LogP contribution in [0.4, 0.5) is 5.69 Å². The van der Waals surface area contributed by atoms with Crippen LogP contribution in [-0.4, -0.2) is 31.1 Å². The third-order valence-electron chi connectivity index (χ3n) is 2.61.